The summed E-state index contributed by atoms with van der Waals surface area (Å²) >= 11 is 6.92. The van der Waals surface area contributed by atoms with Crippen molar-refractivity contribution in [1.82, 2.24) is 0 Å². The number of benzene rings is 1. The van der Waals surface area contributed by atoms with E-state index in [2.05, 4.69) is 37.2 Å². The molecule has 0 fully saturated rings. The third-order valence-electron chi connectivity index (χ3n) is 2.45. The number of methoxy groups -OCH3 is 1. The molecule has 0 heterocycles. The van der Waals surface area contributed by atoms with Gasteiger partial charge in [-0.3, -0.25) is 0 Å². The molecule has 1 aromatic carbocycles. The molecule has 2 N–H and O–H groups in total. The second-order valence-corrected chi connectivity index (χ2v) is 5.94. The molecule has 0 aromatic heterocycles. The summed E-state index contributed by atoms with van der Waals surface area (Å²) in [4.78, 5) is 0. The van der Waals surface area contributed by atoms with Crippen LogP contribution in [0.25, 0.3) is 0 Å². The molecule has 0 spiro atoms. The maximum Gasteiger partial charge on any atom is 0.0945 e. The lowest BCUT2D eigenvalue weighted by Crippen LogP contribution is -2.28. The first kappa shape index (κ1) is 16.9. The highest BCUT2D eigenvalue weighted by molar-refractivity contribution is 9.11. The van der Waals surface area contributed by atoms with E-state index in [1.807, 2.05) is 25.1 Å². The Hall–Kier alpha value is -0.140. The van der Waals surface area contributed by atoms with Crippen molar-refractivity contribution in [3.05, 3.63) is 27.1 Å². The first-order valence-corrected chi connectivity index (χ1v) is 7.59. The number of para-hydroxylation sites is 1. The third-order valence-corrected chi connectivity index (χ3v) is 3.77. The number of rotatable bonds is 8. The van der Waals surface area contributed by atoms with Gasteiger partial charge < -0.3 is 19.9 Å². The minimum Gasteiger partial charge on any atom is -0.389 e. The zero-order valence-corrected chi connectivity index (χ0v) is 14.2. The van der Waals surface area contributed by atoms with E-state index >= 15 is 0 Å². The van der Waals surface area contributed by atoms with Crippen LogP contribution in [0.4, 0.5) is 5.69 Å². The Balaban J connectivity index is 2.36. The van der Waals surface area contributed by atoms with Crippen LogP contribution in [-0.2, 0) is 9.47 Å². The summed E-state index contributed by atoms with van der Waals surface area (Å²) in [6.07, 6.45) is -0.590. The fourth-order valence-electron chi connectivity index (χ4n) is 1.50. The van der Waals surface area contributed by atoms with Crippen molar-refractivity contribution < 1.29 is 14.6 Å². The maximum absolute atomic E-state index is 9.85. The molecule has 1 aromatic rings. The van der Waals surface area contributed by atoms with Gasteiger partial charge in [0.15, 0.2) is 0 Å². The molecular weight excluding hydrogens is 378 g/mol. The van der Waals surface area contributed by atoms with Crippen LogP contribution in [0.5, 0.6) is 0 Å². The van der Waals surface area contributed by atoms with Gasteiger partial charge in [-0.05, 0) is 50.9 Å². The van der Waals surface area contributed by atoms with E-state index in [-0.39, 0.29) is 12.7 Å². The predicted octanol–water partition coefficient (Wildman–Crippen LogP) is 3.04. The lowest BCUT2D eigenvalue weighted by Gasteiger charge is -2.17. The Kier molecular flexibility index (Phi) is 7.94. The van der Waals surface area contributed by atoms with E-state index in [0.29, 0.717) is 13.2 Å². The molecule has 0 bridgehead atoms. The maximum atomic E-state index is 9.85. The Bertz CT molecular complexity index is 370. The molecule has 1 rings (SSSR count). The molecule has 0 aliphatic heterocycles. The number of aliphatic hydroxyl groups excluding tert-OH is 1. The van der Waals surface area contributed by atoms with Gasteiger partial charge in [-0.2, -0.15) is 0 Å². The Morgan fingerprint density at radius 2 is 1.89 bits per heavy atom. The standard InChI is InChI=1S/C13H19Br2NO3/c1-9(7-18-2)19-8-10(17)6-16-13-11(14)4-3-5-12(13)15/h3-5,9-10,16-17H,6-8H2,1-2H3. The molecule has 0 saturated heterocycles. The number of hydrogen-bond acceptors (Lipinski definition) is 4. The van der Waals surface area contributed by atoms with Crippen LogP contribution < -0.4 is 5.32 Å². The smallest absolute Gasteiger partial charge is 0.0945 e. The molecule has 2 unspecified atom stereocenters. The van der Waals surface area contributed by atoms with Crippen LogP contribution >= 0.6 is 31.9 Å². The quantitative estimate of drug-likeness (QED) is 0.709. The van der Waals surface area contributed by atoms with E-state index in [9.17, 15) is 5.11 Å². The van der Waals surface area contributed by atoms with Crippen molar-refractivity contribution in [2.45, 2.75) is 19.1 Å². The lowest BCUT2D eigenvalue weighted by atomic mass is 10.3. The van der Waals surface area contributed by atoms with Crippen molar-refractivity contribution in [3.8, 4) is 0 Å². The van der Waals surface area contributed by atoms with Crippen LogP contribution in [0.3, 0.4) is 0 Å². The number of ether oxygens (including phenoxy) is 2. The first-order valence-electron chi connectivity index (χ1n) is 6.01. The fourth-order valence-corrected chi connectivity index (χ4v) is 2.78. The summed E-state index contributed by atoms with van der Waals surface area (Å²) in [7, 11) is 1.63. The van der Waals surface area contributed by atoms with Crippen LogP contribution in [0, 0.1) is 0 Å². The Labute approximate surface area is 130 Å². The Morgan fingerprint density at radius 3 is 2.47 bits per heavy atom. The summed E-state index contributed by atoms with van der Waals surface area (Å²) in [5.74, 6) is 0. The van der Waals surface area contributed by atoms with Gasteiger partial charge in [0.2, 0.25) is 0 Å². The summed E-state index contributed by atoms with van der Waals surface area (Å²) in [6.45, 7) is 3.13. The number of halogens is 2. The van der Waals surface area contributed by atoms with Crippen molar-refractivity contribution in [2.24, 2.45) is 0 Å². The van der Waals surface area contributed by atoms with Gasteiger partial charge in [-0.1, -0.05) is 6.07 Å². The average molecular weight is 397 g/mol. The van der Waals surface area contributed by atoms with E-state index in [0.717, 1.165) is 14.6 Å². The van der Waals surface area contributed by atoms with Gasteiger partial charge >= 0.3 is 0 Å². The van der Waals surface area contributed by atoms with Crippen LogP contribution in [0.1, 0.15) is 6.92 Å². The monoisotopic (exact) mass is 395 g/mol. The van der Waals surface area contributed by atoms with Crippen LogP contribution in [0.15, 0.2) is 27.1 Å². The summed E-state index contributed by atoms with van der Waals surface area (Å²) in [6, 6.07) is 5.82. The largest absolute Gasteiger partial charge is 0.389 e. The molecule has 108 valence electrons. The van der Waals surface area contributed by atoms with Crippen molar-refractivity contribution in [2.75, 3.05) is 32.2 Å². The molecular formula is C13H19Br2NO3. The second kappa shape index (κ2) is 8.92. The van der Waals surface area contributed by atoms with Crippen molar-refractivity contribution in [3.63, 3.8) is 0 Å². The zero-order chi connectivity index (χ0) is 14.3. The molecule has 0 aliphatic carbocycles. The van der Waals surface area contributed by atoms with Gasteiger partial charge in [0, 0.05) is 22.6 Å². The number of aliphatic hydroxyl groups is 1. The normalized spacial score (nSPS) is 14.2. The minimum absolute atomic E-state index is 0.0187. The highest BCUT2D eigenvalue weighted by Crippen LogP contribution is 2.30. The summed E-state index contributed by atoms with van der Waals surface area (Å²) in [5, 5.41) is 13.0. The van der Waals surface area contributed by atoms with Gasteiger partial charge in [-0.25, -0.2) is 0 Å². The molecule has 19 heavy (non-hydrogen) atoms. The Morgan fingerprint density at radius 1 is 1.26 bits per heavy atom. The van der Waals surface area contributed by atoms with Crippen molar-refractivity contribution in [1.29, 1.82) is 0 Å². The molecule has 0 saturated carbocycles. The van der Waals surface area contributed by atoms with Crippen molar-refractivity contribution >= 4 is 37.5 Å². The molecule has 0 aliphatic rings. The van der Waals surface area contributed by atoms with E-state index in [1.165, 1.54) is 0 Å². The van der Waals surface area contributed by atoms with E-state index < -0.39 is 6.10 Å². The van der Waals surface area contributed by atoms with Gasteiger partial charge in [-0.15, -0.1) is 0 Å². The molecule has 2 atom stereocenters. The van der Waals surface area contributed by atoms with Gasteiger partial charge in [0.25, 0.3) is 0 Å². The van der Waals surface area contributed by atoms with Crippen LogP contribution in [-0.4, -0.2) is 44.2 Å². The van der Waals surface area contributed by atoms with E-state index in [1.54, 1.807) is 7.11 Å². The topological polar surface area (TPSA) is 50.7 Å². The molecule has 6 heteroatoms. The lowest BCUT2D eigenvalue weighted by molar-refractivity contribution is -0.0282. The SMILES string of the molecule is COCC(C)OCC(O)CNc1c(Br)cccc1Br. The fraction of sp³-hybridized carbons (Fsp3) is 0.538. The second-order valence-electron chi connectivity index (χ2n) is 4.23. The number of nitrogens with one attached hydrogen (secondary N) is 1. The predicted molar refractivity (Wildman–Crippen MR) is 83.6 cm³/mol. The van der Waals surface area contributed by atoms with Crippen LogP contribution in [0.2, 0.25) is 0 Å². The average Bonchev–Trinajstić information content (AvgIpc) is 2.36. The highest BCUT2D eigenvalue weighted by Gasteiger charge is 2.10. The first-order chi connectivity index (χ1) is 9.04. The van der Waals surface area contributed by atoms with Gasteiger partial charge in [0.1, 0.15) is 0 Å². The summed E-state index contributed by atoms with van der Waals surface area (Å²) in [5.41, 5.74) is 0.923. The highest BCUT2D eigenvalue weighted by atomic mass is 79.9. The summed E-state index contributed by atoms with van der Waals surface area (Å²) < 4.78 is 12.3. The molecule has 0 radical (unpaired) electrons. The third kappa shape index (κ3) is 6.23. The minimum atomic E-state index is -0.571. The van der Waals surface area contributed by atoms with E-state index in [4.69, 9.17) is 9.47 Å². The zero-order valence-electron chi connectivity index (χ0n) is 11.0. The molecule has 0 amide bonds. The number of anilines is 1. The van der Waals surface area contributed by atoms with Gasteiger partial charge in [0.05, 0.1) is 31.1 Å². The number of hydrogen-bond donors (Lipinski definition) is 2. The molecule has 4 nitrogen and oxygen atoms in total.